The molecule has 2 fully saturated rings. The topological polar surface area (TPSA) is 75.6 Å². The maximum Gasteiger partial charge on any atom is 0.329 e. The van der Waals surface area contributed by atoms with Crippen LogP contribution in [0, 0.1) is 5.92 Å². The van der Waals surface area contributed by atoms with Crippen LogP contribution in [0.2, 0.25) is 0 Å². The van der Waals surface area contributed by atoms with Gasteiger partial charge in [-0.2, -0.15) is 0 Å². The lowest BCUT2D eigenvalue weighted by Gasteiger charge is -2.34. The van der Waals surface area contributed by atoms with Crippen LogP contribution in [0.4, 0.5) is 0 Å². The quantitative estimate of drug-likeness (QED) is 0.898. The summed E-state index contributed by atoms with van der Waals surface area (Å²) in [6.45, 7) is 0.730. The second-order valence-corrected chi connectivity index (χ2v) is 7.01. The maximum absolute atomic E-state index is 12.7. The van der Waals surface area contributed by atoms with E-state index in [0.29, 0.717) is 26.1 Å². The molecule has 1 aliphatic heterocycles. The van der Waals surface area contributed by atoms with Gasteiger partial charge in [-0.05, 0) is 28.7 Å². The zero-order valence-electron chi connectivity index (χ0n) is 13.9. The van der Waals surface area contributed by atoms with E-state index in [1.165, 1.54) is 10.9 Å². The summed E-state index contributed by atoms with van der Waals surface area (Å²) in [7, 11) is 0. The lowest BCUT2D eigenvalue weighted by molar-refractivity contribution is -0.152. The predicted molar refractivity (Wildman–Crippen MR) is 93.4 cm³/mol. The van der Waals surface area contributed by atoms with Gasteiger partial charge in [0.05, 0.1) is 0 Å². The zero-order valence-corrected chi connectivity index (χ0v) is 13.9. The first kappa shape index (κ1) is 16.1. The lowest BCUT2D eigenvalue weighted by atomic mass is 9.89. The Bertz CT molecular complexity index is 820. The molecule has 2 N–H and O–H groups in total. The van der Waals surface area contributed by atoms with Gasteiger partial charge in [0.25, 0.3) is 0 Å². The fourth-order valence-electron chi connectivity index (χ4n) is 3.84. The molecule has 5 heteroatoms. The second-order valence-electron chi connectivity index (χ2n) is 7.01. The van der Waals surface area contributed by atoms with Crippen LogP contribution in [0.15, 0.2) is 42.5 Å². The van der Waals surface area contributed by atoms with Crippen molar-refractivity contribution in [3.8, 4) is 0 Å². The van der Waals surface area contributed by atoms with Crippen molar-refractivity contribution < 1.29 is 19.4 Å². The standard InChI is InChI=1S/C20H21NO4/c22-18(21-20(19(23)24)8-10-25-11-9-20)17-12-16(17)15-7-3-5-13-4-1-2-6-14(13)15/h1-7,16-17H,8-12H2,(H,21,22)(H,23,24). The van der Waals surface area contributed by atoms with Gasteiger partial charge in [0, 0.05) is 32.0 Å². The highest BCUT2D eigenvalue weighted by atomic mass is 16.5. The van der Waals surface area contributed by atoms with E-state index < -0.39 is 11.5 Å². The van der Waals surface area contributed by atoms with Crippen molar-refractivity contribution in [2.24, 2.45) is 5.92 Å². The van der Waals surface area contributed by atoms with Crippen LogP contribution in [0.25, 0.3) is 10.8 Å². The predicted octanol–water partition coefficient (Wildman–Crippen LogP) is 2.69. The number of carbonyl (C=O) groups is 2. The van der Waals surface area contributed by atoms with E-state index in [4.69, 9.17) is 4.74 Å². The lowest BCUT2D eigenvalue weighted by Crippen LogP contribution is -2.57. The number of hydrogen-bond donors (Lipinski definition) is 2. The summed E-state index contributed by atoms with van der Waals surface area (Å²) >= 11 is 0. The molecule has 0 bridgehead atoms. The molecule has 5 nitrogen and oxygen atoms in total. The Labute approximate surface area is 146 Å². The molecule has 1 heterocycles. The molecule has 2 aliphatic rings. The third-order valence-corrected chi connectivity index (χ3v) is 5.47. The van der Waals surface area contributed by atoms with Crippen LogP contribution >= 0.6 is 0 Å². The van der Waals surface area contributed by atoms with Gasteiger partial charge in [-0.25, -0.2) is 4.79 Å². The largest absolute Gasteiger partial charge is 0.480 e. The molecule has 1 saturated heterocycles. The van der Waals surface area contributed by atoms with Gasteiger partial charge in [-0.15, -0.1) is 0 Å². The van der Waals surface area contributed by atoms with E-state index in [9.17, 15) is 14.7 Å². The van der Waals surface area contributed by atoms with E-state index in [-0.39, 0.29) is 17.7 Å². The molecule has 0 radical (unpaired) electrons. The monoisotopic (exact) mass is 339 g/mol. The summed E-state index contributed by atoms with van der Waals surface area (Å²) < 4.78 is 5.26. The zero-order chi connectivity index (χ0) is 17.4. The Morgan fingerprint density at radius 3 is 2.56 bits per heavy atom. The summed E-state index contributed by atoms with van der Waals surface area (Å²) in [6, 6.07) is 14.3. The number of ether oxygens (including phenoxy) is 1. The van der Waals surface area contributed by atoms with Crippen molar-refractivity contribution in [3.05, 3.63) is 48.0 Å². The van der Waals surface area contributed by atoms with Crippen molar-refractivity contribution >= 4 is 22.6 Å². The Morgan fingerprint density at radius 1 is 1.08 bits per heavy atom. The van der Waals surface area contributed by atoms with Crippen LogP contribution in [0.1, 0.15) is 30.7 Å². The third-order valence-electron chi connectivity index (χ3n) is 5.47. The SMILES string of the molecule is O=C(NC1(C(=O)O)CCOCC1)C1CC1c1cccc2ccccc12. The van der Waals surface area contributed by atoms with Gasteiger partial charge in [0.1, 0.15) is 5.54 Å². The summed E-state index contributed by atoms with van der Waals surface area (Å²) in [4.78, 5) is 24.4. The molecule has 2 atom stereocenters. The average molecular weight is 339 g/mol. The van der Waals surface area contributed by atoms with E-state index in [0.717, 1.165) is 11.8 Å². The Hall–Kier alpha value is -2.40. The molecule has 2 aromatic carbocycles. The summed E-state index contributed by atoms with van der Waals surface area (Å²) in [5, 5.41) is 14.8. The molecular weight excluding hydrogens is 318 g/mol. The minimum absolute atomic E-state index is 0.148. The Morgan fingerprint density at radius 2 is 1.80 bits per heavy atom. The highest BCUT2D eigenvalue weighted by Gasteiger charge is 2.49. The number of amides is 1. The number of aliphatic carboxylic acids is 1. The van der Waals surface area contributed by atoms with E-state index >= 15 is 0 Å². The minimum Gasteiger partial charge on any atom is -0.480 e. The number of carboxylic acids is 1. The molecule has 2 aromatic rings. The number of fused-ring (bicyclic) bond motifs is 1. The molecule has 0 spiro atoms. The molecule has 2 unspecified atom stereocenters. The number of benzene rings is 2. The molecule has 1 aliphatic carbocycles. The first-order valence-corrected chi connectivity index (χ1v) is 8.71. The molecule has 130 valence electrons. The number of carbonyl (C=O) groups excluding carboxylic acids is 1. The Kier molecular flexibility index (Phi) is 3.96. The fourth-order valence-corrected chi connectivity index (χ4v) is 3.84. The Balaban J connectivity index is 1.52. The van der Waals surface area contributed by atoms with Crippen molar-refractivity contribution in [3.63, 3.8) is 0 Å². The maximum atomic E-state index is 12.7. The van der Waals surface area contributed by atoms with E-state index in [2.05, 4.69) is 29.6 Å². The van der Waals surface area contributed by atoms with Crippen LogP contribution in [0.3, 0.4) is 0 Å². The highest BCUT2D eigenvalue weighted by molar-refractivity contribution is 5.92. The highest BCUT2D eigenvalue weighted by Crippen LogP contribution is 2.49. The number of carboxylic acid groups (broad SMARTS) is 1. The normalized spacial score (nSPS) is 24.6. The van der Waals surface area contributed by atoms with Gasteiger partial charge in [-0.3, -0.25) is 4.79 Å². The fraction of sp³-hybridized carbons (Fsp3) is 0.400. The summed E-state index contributed by atoms with van der Waals surface area (Å²) in [5.74, 6) is -1.10. The van der Waals surface area contributed by atoms with Gasteiger partial charge < -0.3 is 15.2 Å². The number of rotatable bonds is 4. The van der Waals surface area contributed by atoms with Gasteiger partial charge >= 0.3 is 5.97 Å². The first-order chi connectivity index (χ1) is 12.1. The minimum atomic E-state index is -1.18. The first-order valence-electron chi connectivity index (χ1n) is 8.71. The van der Waals surface area contributed by atoms with E-state index in [1.807, 2.05) is 18.2 Å². The van der Waals surface area contributed by atoms with Crippen LogP contribution in [-0.2, 0) is 14.3 Å². The molecule has 0 aromatic heterocycles. The van der Waals surface area contributed by atoms with E-state index in [1.54, 1.807) is 0 Å². The molecule has 1 saturated carbocycles. The van der Waals surface area contributed by atoms with Gasteiger partial charge in [0.2, 0.25) is 5.91 Å². The average Bonchev–Trinajstić information content (AvgIpc) is 3.42. The van der Waals surface area contributed by atoms with Crippen molar-refractivity contribution in [2.75, 3.05) is 13.2 Å². The van der Waals surface area contributed by atoms with Crippen molar-refractivity contribution in [1.29, 1.82) is 0 Å². The smallest absolute Gasteiger partial charge is 0.329 e. The second kappa shape index (κ2) is 6.15. The summed E-state index contributed by atoms with van der Waals surface area (Å²) in [6.07, 6.45) is 1.41. The molecular formula is C20H21NO4. The number of hydrogen-bond acceptors (Lipinski definition) is 3. The summed E-state index contributed by atoms with van der Waals surface area (Å²) in [5.41, 5.74) is -0.00378. The third kappa shape index (κ3) is 2.89. The van der Waals surface area contributed by atoms with Crippen LogP contribution in [0.5, 0.6) is 0 Å². The number of nitrogens with one attached hydrogen (secondary N) is 1. The molecule has 25 heavy (non-hydrogen) atoms. The molecule has 1 amide bonds. The van der Waals surface area contributed by atoms with Crippen molar-refractivity contribution in [1.82, 2.24) is 5.32 Å². The van der Waals surface area contributed by atoms with Crippen molar-refractivity contribution in [2.45, 2.75) is 30.7 Å². The van der Waals surface area contributed by atoms with Gasteiger partial charge in [-0.1, -0.05) is 42.5 Å². The van der Waals surface area contributed by atoms with Crippen LogP contribution < -0.4 is 5.32 Å². The van der Waals surface area contributed by atoms with Crippen LogP contribution in [-0.4, -0.2) is 35.7 Å². The molecule has 4 rings (SSSR count). The van der Waals surface area contributed by atoms with Gasteiger partial charge in [0.15, 0.2) is 0 Å².